The summed E-state index contributed by atoms with van der Waals surface area (Å²) in [5.74, 6) is 0.103. The molecule has 2 N–H and O–H groups in total. The van der Waals surface area contributed by atoms with E-state index in [4.69, 9.17) is 4.74 Å². The van der Waals surface area contributed by atoms with E-state index < -0.39 is 24.6 Å². The smallest absolute Gasteiger partial charge is 0.393 e. The van der Waals surface area contributed by atoms with Gasteiger partial charge in [-0.1, -0.05) is 25.1 Å². The van der Waals surface area contributed by atoms with Crippen molar-refractivity contribution in [2.24, 2.45) is 5.92 Å². The number of rotatable bonds is 7. The first-order chi connectivity index (χ1) is 17.1. The molecule has 0 bridgehead atoms. The highest BCUT2D eigenvalue weighted by molar-refractivity contribution is 5.98. The van der Waals surface area contributed by atoms with E-state index in [0.717, 1.165) is 31.6 Å². The number of hydrogen-bond acceptors (Lipinski definition) is 6. The fourth-order valence-corrected chi connectivity index (χ4v) is 4.46. The lowest BCUT2D eigenvalue weighted by Crippen LogP contribution is -2.37. The molecule has 1 aromatic heterocycles. The van der Waals surface area contributed by atoms with Crippen LogP contribution in [0.2, 0.25) is 0 Å². The number of aromatic nitrogens is 4. The van der Waals surface area contributed by atoms with E-state index in [1.165, 1.54) is 0 Å². The highest BCUT2D eigenvalue weighted by Crippen LogP contribution is 2.33. The molecule has 0 saturated carbocycles. The first-order valence-corrected chi connectivity index (χ1v) is 11.8. The van der Waals surface area contributed by atoms with Crippen LogP contribution in [0, 0.1) is 19.8 Å². The van der Waals surface area contributed by atoms with Crippen LogP contribution in [-0.2, 0) is 4.79 Å². The number of halogens is 3. The predicted molar refractivity (Wildman–Crippen MR) is 130 cm³/mol. The van der Waals surface area contributed by atoms with E-state index in [2.05, 4.69) is 37.8 Å². The van der Waals surface area contributed by atoms with Crippen LogP contribution in [0.1, 0.15) is 37.3 Å². The molecule has 1 saturated heterocycles. The summed E-state index contributed by atoms with van der Waals surface area (Å²) in [6.07, 6.45) is -5.61. The van der Waals surface area contributed by atoms with Crippen LogP contribution in [0.5, 0.6) is 5.75 Å². The van der Waals surface area contributed by atoms with Crippen LogP contribution in [0.3, 0.4) is 0 Å². The van der Waals surface area contributed by atoms with Gasteiger partial charge >= 0.3 is 6.18 Å². The minimum atomic E-state index is -4.61. The molecule has 11 heteroatoms. The van der Waals surface area contributed by atoms with E-state index in [-0.39, 0.29) is 17.3 Å². The molecule has 0 radical (unpaired) electrons. The lowest BCUT2D eigenvalue weighted by atomic mass is 9.99. The van der Waals surface area contributed by atoms with E-state index in [1.807, 2.05) is 12.1 Å². The van der Waals surface area contributed by atoms with Gasteiger partial charge in [0, 0.05) is 24.3 Å². The van der Waals surface area contributed by atoms with Gasteiger partial charge in [0.05, 0.1) is 12.1 Å². The summed E-state index contributed by atoms with van der Waals surface area (Å²) in [7, 11) is 0. The van der Waals surface area contributed by atoms with E-state index >= 15 is 0 Å². The molecule has 1 aliphatic rings. The molecule has 4 rings (SSSR count). The number of carbonyl (C=O) groups is 1. The number of nitrogens with zero attached hydrogens (tertiary/aromatic N) is 4. The van der Waals surface area contributed by atoms with Crippen LogP contribution in [0.25, 0.3) is 11.4 Å². The number of ether oxygens (including phenoxy) is 1. The largest absolute Gasteiger partial charge is 0.480 e. The highest BCUT2D eigenvalue weighted by atomic mass is 19.4. The van der Waals surface area contributed by atoms with Gasteiger partial charge in [-0.3, -0.25) is 4.79 Å². The monoisotopic (exact) mass is 502 g/mol. The predicted octanol–water partition coefficient (Wildman–Crippen LogP) is 5.06. The van der Waals surface area contributed by atoms with Gasteiger partial charge in [-0.25, -0.2) is 0 Å². The zero-order chi connectivity index (χ0) is 25.9. The minimum Gasteiger partial charge on any atom is -0.480 e. The maximum atomic E-state index is 13.4. The van der Waals surface area contributed by atoms with Crippen LogP contribution in [-0.4, -0.2) is 51.9 Å². The van der Waals surface area contributed by atoms with E-state index in [9.17, 15) is 18.0 Å². The molecular weight excluding hydrogens is 473 g/mol. The number of piperidine rings is 1. The highest BCUT2D eigenvalue weighted by Gasteiger charge is 2.37. The summed E-state index contributed by atoms with van der Waals surface area (Å²) in [5.41, 5.74) is 2.92. The van der Waals surface area contributed by atoms with Crippen LogP contribution >= 0.6 is 0 Å². The molecule has 0 spiro atoms. The molecular formula is C25H29F3N6O2. The number of anilines is 2. The first-order valence-electron chi connectivity index (χ1n) is 11.8. The SMILES string of the molecule is Cc1cccc(C)c1O[C@@H](CC(F)(F)F)C(=O)Nc1ccc(N2CCC[C@@H](C)C2)cc1-c1nn[nH]n1. The second-order valence-electron chi connectivity index (χ2n) is 9.29. The van der Waals surface area contributed by atoms with Crippen molar-refractivity contribution in [1.29, 1.82) is 0 Å². The van der Waals surface area contributed by atoms with Crippen molar-refractivity contribution in [2.45, 2.75) is 52.3 Å². The number of nitrogens with one attached hydrogen (secondary N) is 2. The number of carbonyl (C=O) groups excluding carboxylic acids is 1. The molecule has 192 valence electrons. The van der Waals surface area contributed by atoms with Crippen LogP contribution in [0.4, 0.5) is 24.5 Å². The number of tetrazole rings is 1. The second-order valence-corrected chi connectivity index (χ2v) is 9.29. The molecule has 2 heterocycles. The number of alkyl halides is 3. The van der Waals surface area contributed by atoms with Gasteiger partial charge in [-0.15, -0.1) is 10.2 Å². The fourth-order valence-electron chi connectivity index (χ4n) is 4.46. The number of para-hydroxylation sites is 1. The van der Waals surface area contributed by atoms with Crippen LogP contribution < -0.4 is 15.0 Å². The standard InChI is InChI=1S/C25H29F3N6O2/c1-15-6-5-11-34(14-15)18-9-10-20(19(12-18)23-30-32-33-31-23)29-24(35)21(13-25(26,27)28)36-22-16(2)7-4-8-17(22)3/h4,7-10,12,15,21H,5-6,11,13-14H2,1-3H3,(H,29,35)(H,30,31,32,33)/t15-,21+/m1/s1. The van der Waals surface area contributed by atoms with Gasteiger partial charge in [-0.05, 0) is 67.1 Å². The molecule has 2 atom stereocenters. The fraction of sp³-hybridized carbons (Fsp3) is 0.440. The van der Waals surface area contributed by atoms with Crippen molar-refractivity contribution in [3.05, 3.63) is 47.5 Å². The lowest BCUT2D eigenvalue weighted by molar-refractivity contribution is -0.158. The Bertz CT molecular complexity index is 1180. The Morgan fingerprint density at radius 2 is 2.00 bits per heavy atom. The van der Waals surface area contributed by atoms with Gasteiger partial charge in [0.25, 0.3) is 5.91 Å². The van der Waals surface area contributed by atoms with Crippen molar-refractivity contribution in [2.75, 3.05) is 23.3 Å². The summed E-state index contributed by atoms with van der Waals surface area (Å²) in [6.45, 7) is 7.41. The number of aromatic amines is 1. The third kappa shape index (κ3) is 6.13. The Morgan fingerprint density at radius 1 is 1.25 bits per heavy atom. The zero-order valence-electron chi connectivity index (χ0n) is 20.4. The normalized spacial score (nSPS) is 17.1. The maximum absolute atomic E-state index is 13.4. The number of H-pyrrole nitrogens is 1. The average Bonchev–Trinajstić information content (AvgIpc) is 3.35. The minimum absolute atomic E-state index is 0.222. The van der Waals surface area contributed by atoms with Crippen molar-refractivity contribution < 1.29 is 22.7 Å². The van der Waals surface area contributed by atoms with Gasteiger partial charge in [0.2, 0.25) is 5.82 Å². The zero-order valence-corrected chi connectivity index (χ0v) is 20.4. The Labute approximate surface area is 207 Å². The molecule has 8 nitrogen and oxygen atoms in total. The summed E-state index contributed by atoms with van der Waals surface area (Å²) in [5, 5.41) is 16.6. The summed E-state index contributed by atoms with van der Waals surface area (Å²) in [6, 6.07) is 10.5. The molecule has 1 amide bonds. The van der Waals surface area contributed by atoms with Crippen molar-refractivity contribution in [1.82, 2.24) is 20.6 Å². The van der Waals surface area contributed by atoms with Gasteiger partial charge < -0.3 is 15.0 Å². The Kier molecular flexibility index (Phi) is 7.46. The molecule has 0 unspecified atom stereocenters. The first kappa shape index (κ1) is 25.5. The van der Waals surface area contributed by atoms with Gasteiger partial charge in [0.1, 0.15) is 5.75 Å². The third-order valence-electron chi connectivity index (χ3n) is 6.25. The van der Waals surface area contributed by atoms with Crippen molar-refractivity contribution in [3.63, 3.8) is 0 Å². The van der Waals surface area contributed by atoms with Crippen molar-refractivity contribution >= 4 is 17.3 Å². The Morgan fingerprint density at radius 3 is 2.64 bits per heavy atom. The summed E-state index contributed by atoms with van der Waals surface area (Å²) < 4.78 is 45.9. The quantitative estimate of drug-likeness (QED) is 0.469. The van der Waals surface area contributed by atoms with Gasteiger partial charge in [-0.2, -0.15) is 18.4 Å². The molecule has 0 aliphatic carbocycles. The van der Waals surface area contributed by atoms with Crippen LogP contribution in [0.15, 0.2) is 36.4 Å². The summed E-state index contributed by atoms with van der Waals surface area (Å²) >= 11 is 0. The molecule has 3 aromatic rings. The molecule has 1 aliphatic heterocycles. The Balaban J connectivity index is 1.64. The number of benzene rings is 2. The Hall–Kier alpha value is -3.63. The molecule has 2 aromatic carbocycles. The topological polar surface area (TPSA) is 96.0 Å². The van der Waals surface area contributed by atoms with E-state index in [0.29, 0.717) is 22.6 Å². The maximum Gasteiger partial charge on any atom is 0.393 e. The number of amides is 1. The summed E-state index contributed by atoms with van der Waals surface area (Å²) in [4.78, 5) is 15.4. The van der Waals surface area contributed by atoms with E-state index in [1.54, 1.807) is 38.1 Å². The van der Waals surface area contributed by atoms with Gasteiger partial charge in [0.15, 0.2) is 6.10 Å². The molecule has 36 heavy (non-hydrogen) atoms. The number of aryl methyl sites for hydroxylation is 2. The second kappa shape index (κ2) is 10.5. The third-order valence-corrected chi connectivity index (χ3v) is 6.25. The molecule has 1 fully saturated rings. The van der Waals surface area contributed by atoms with Crippen molar-refractivity contribution in [3.8, 4) is 17.1 Å². The lowest BCUT2D eigenvalue weighted by Gasteiger charge is -2.33. The average molecular weight is 503 g/mol. The number of hydrogen-bond donors (Lipinski definition) is 2.